The molecule has 1 N–H and O–H groups in total. The number of rotatable bonds is 4. The van der Waals surface area contributed by atoms with Gasteiger partial charge in [-0.1, -0.05) is 18.0 Å². The lowest BCUT2D eigenvalue weighted by atomic mass is 10.1. The highest BCUT2D eigenvalue weighted by Gasteiger charge is 2.30. The van der Waals surface area contributed by atoms with Crippen molar-refractivity contribution in [3.8, 4) is 0 Å². The van der Waals surface area contributed by atoms with Gasteiger partial charge in [0, 0.05) is 18.5 Å². The Balaban J connectivity index is 2.02. The van der Waals surface area contributed by atoms with Crippen LogP contribution in [-0.4, -0.2) is 39.6 Å². The van der Waals surface area contributed by atoms with Crippen LogP contribution in [0.15, 0.2) is 4.52 Å². The quantitative estimate of drug-likeness (QED) is 0.919. The molecule has 1 unspecified atom stereocenters. The Morgan fingerprint density at radius 1 is 1.33 bits per heavy atom. The fourth-order valence-electron chi connectivity index (χ4n) is 2.90. The van der Waals surface area contributed by atoms with Crippen molar-refractivity contribution in [3.63, 3.8) is 0 Å². The maximum Gasteiger partial charge on any atom is 0.326 e. The van der Waals surface area contributed by atoms with Gasteiger partial charge >= 0.3 is 5.97 Å². The first-order chi connectivity index (χ1) is 10.0. The predicted octanol–water partition coefficient (Wildman–Crippen LogP) is 2.08. The summed E-state index contributed by atoms with van der Waals surface area (Å²) >= 11 is 0. The average Bonchev–Trinajstić information content (AvgIpc) is 2.68. The van der Waals surface area contributed by atoms with Crippen LogP contribution in [0.3, 0.4) is 0 Å². The van der Waals surface area contributed by atoms with E-state index in [4.69, 9.17) is 4.52 Å². The number of likely N-dealkylation sites (tertiary alicyclic amines) is 1. The van der Waals surface area contributed by atoms with E-state index in [2.05, 4.69) is 5.16 Å². The Morgan fingerprint density at radius 2 is 2.10 bits per heavy atom. The molecular weight excluding hydrogens is 272 g/mol. The molecule has 6 nitrogen and oxygen atoms in total. The molecule has 1 fully saturated rings. The smallest absolute Gasteiger partial charge is 0.326 e. The van der Waals surface area contributed by atoms with Crippen molar-refractivity contribution in [2.24, 2.45) is 0 Å². The van der Waals surface area contributed by atoms with Crippen LogP contribution in [0.4, 0.5) is 0 Å². The van der Waals surface area contributed by atoms with Crippen molar-refractivity contribution in [2.75, 3.05) is 6.54 Å². The van der Waals surface area contributed by atoms with Crippen LogP contribution in [0, 0.1) is 13.8 Å². The molecule has 0 bridgehead atoms. The van der Waals surface area contributed by atoms with Gasteiger partial charge < -0.3 is 14.5 Å². The van der Waals surface area contributed by atoms with Gasteiger partial charge in [-0.15, -0.1) is 0 Å². The largest absolute Gasteiger partial charge is 0.480 e. The van der Waals surface area contributed by atoms with Gasteiger partial charge in [0.1, 0.15) is 11.8 Å². The lowest BCUT2D eigenvalue weighted by Gasteiger charge is -2.27. The van der Waals surface area contributed by atoms with Gasteiger partial charge in [0.15, 0.2) is 0 Å². The number of aromatic nitrogens is 1. The molecule has 6 heteroatoms. The first kappa shape index (κ1) is 15.5. The van der Waals surface area contributed by atoms with Crippen molar-refractivity contribution < 1.29 is 19.2 Å². The zero-order valence-electron chi connectivity index (χ0n) is 12.6. The van der Waals surface area contributed by atoms with Crippen LogP contribution < -0.4 is 0 Å². The summed E-state index contributed by atoms with van der Waals surface area (Å²) in [5.41, 5.74) is 1.75. The maximum absolute atomic E-state index is 12.4. The number of amides is 1. The van der Waals surface area contributed by atoms with Crippen molar-refractivity contribution in [3.05, 3.63) is 17.0 Å². The molecule has 1 aromatic rings. The van der Waals surface area contributed by atoms with Crippen LogP contribution in [-0.2, 0) is 16.0 Å². The van der Waals surface area contributed by atoms with E-state index in [1.165, 1.54) is 4.90 Å². The number of nitrogens with zero attached hydrogens (tertiary/aromatic N) is 2. The summed E-state index contributed by atoms with van der Waals surface area (Å²) in [6.45, 7) is 4.21. The molecule has 116 valence electrons. The summed E-state index contributed by atoms with van der Waals surface area (Å²) in [6, 6.07) is -0.676. The van der Waals surface area contributed by atoms with Crippen molar-refractivity contribution in [1.82, 2.24) is 10.1 Å². The normalized spacial score (nSPS) is 19.3. The van der Waals surface area contributed by atoms with Crippen LogP contribution in [0.2, 0.25) is 0 Å². The van der Waals surface area contributed by atoms with Crippen LogP contribution in [0.5, 0.6) is 0 Å². The molecule has 0 aliphatic carbocycles. The van der Waals surface area contributed by atoms with E-state index in [1.807, 2.05) is 13.8 Å². The molecule has 0 radical (unpaired) electrons. The third-order valence-electron chi connectivity index (χ3n) is 4.13. The number of carbonyl (C=O) groups excluding carboxylic acids is 1. The Kier molecular flexibility index (Phi) is 4.98. The third-order valence-corrected chi connectivity index (χ3v) is 4.13. The van der Waals surface area contributed by atoms with Gasteiger partial charge in [-0.25, -0.2) is 4.79 Å². The van der Waals surface area contributed by atoms with E-state index in [0.29, 0.717) is 25.8 Å². The molecule has 0 spiro atoms. The lowest BCUT2D eigenvalue weighted by molar-refractivity contribution is -0.150. The van der Waals surface area contributed by atoms with Gasteiger partial charge in [0.25, 0.3) is 0 Å². The number of hydrogen-bond acceptors (Lipinski definition) is 4. The maximum atomic E-state index is 12.4. The topological polar surface area (TPSA) is 83.6 Å². The summed E-state index contributed by atoms with van der Waals surface area (Å²) < 4.78 is 5.08. The van der Waals surface area contributed by atoms with E-state index < -0.39 is 12.0 Å². The minimum Gasteiger partial charge on any atom is -0.480 e. The molecule has 2 heterocycles. The van der Waals surface area contributed by atoms with Crippen molar-refractivity contribution in [1.29, 1.82) is 0 Å². The third kappa shape index (κ3) is 3.62. The predicted molar refractivity (Wildman–Crippen MR) is 75.9 cm³/mol. The van der Waals surface area contributed by atoms with Gasteiger partial charge in [0.2, 0.25) is 5.91 Å². The minimum absolute atomic E-state index is 0.0932. The summed E-state index contributed by atoms with van der Waals surface area (Å²) in [4.78, 5) is 25.3. The second kappa shape index (κ2) is 6.74. The number of hydrogen-bond donors (Lipinski definition) is 1. The second-order valence-corrected chi connectivity index (χ2v) is 5.59. The summed E-state index contributed by atoms with van der Waals surface area (Å²) in [7, 11) is 0. The van der Waals surface area contributed by atoms with Gasteiger partial charge in [-0.2, -0.15) is 0 Å². The fraction of sp³-hybridized carbons (Fsp3) is 0.667. The number of aliphatic carboxylic acids is 1. The van der Waals surface area contributed by atoms with E-state index in [-0.39, 0.29) is 5.91 Å². The molecule has 1 aliphatic heterocycles. The molecule has 1 amide bonds. The molecule has 1 aliphatic rings. The minimum atomic E-state index is -0.900. The standard InChI is InChI=1S/C15H22N2O4/c1-10-12(11(2)21-16-10)7-8-14(18)17-9-5-3-4-6-13(17)15(19)20/h13H,3-9H2,1-2H3,(H,19,20). The Hall–Kier alpha value is -1.85. The highest BCUT2D eigenvalue weighted by Crippen LogP contribution is 2.20. The Morgan fingerprint density at radius 3 is 2.71 bits per heavy atom. The van der Waals surface area contributed by atoms with Crippen molar-refractivity contribution >= 4 is 11.9 Å². The zero-order chi connectivity index (χ0) is 15.4. The highest BCUT2D eigenvalue weighted by atomic mass is 16.5. The summed E-state index contributed by atoms with van der Waals surface area (Å²) in [5, 5.41) is 13.2. The SMILES string of the molecule is Cc1noc(C)c1CCC(=O)N1CCCCCC1C(=O)O. The molecule has 0 aromatic carbocycles. The van der Waals surface area contributed by atoms with E-state index in [1.54, 1.807) is 0 Å². The monoisotopic (exact) mass is 294 g/mol. The molecular formula is C15H22N2O4. The first-order valence-electron chi connectivity index (χ1n) is 7.44. The summed E-state index contributed by atoms with van der Waals surface area (Å²) in [5.74, 6) is -0.266. The van der Waals surface area contributed by atoms with E-state index in [9.17, 15) is 14.7 Å². The molecule has 1 atom stereocenters. The Bertz CT molecular complexity index is 504. The average molecular weight is 294 g/mol. The van der Waals surface area contributed by atoms with Crippen LogP contribution in [0.25, 0.3) is 0 Å². The van der Waals surface area contributed by atoms with Crippen LogP contribution >= 0.6 is 0 Å². The summed E-state index contributed by atoms with van der Waals surface area (Å²) in [6.07, 6.45) is 4.12. The number of carbonyl (C=O) groups is 2. The molecule has 2 rings (SSSR count). The molecule has 1 aromatic heterocycles. The first-order valence-corrected chi connectivity index (χ1v) is 7.44. The number of carboxylic acid groups (broad SMARTS) is 1. The van der Waals surface area contributed by atoms with Crippen molar-refractivity contribution in [2.45, 2.75) is 58.4 Å². The van der Waals surface area contributed by atoms with E-state index in [0.717, 1.165) is 36.3 Å². The fourth-order valence-corrected chi connectivity index (χ4v) is 2.90. The van der Waals surface area contributed by atoms with Gasteiger partial charge in [-0.3, -0.25) is 4.79 Å². The molecule has 21 heavy (non-hydrogen) atoms. The van der Waals surface area contributed by atoms with Gasteiger partial charge in [0.05, 0.1) is 5.69 Å². The lowest BCUT2D eigenvalue weighted by Crippen LogP contribution is -2.44. The Labute approximate surface area is 124 Å². The number of aryl methyl sites for hydroxylation is 2. The second-order valence-electron chi connectivity index (χ2n) is 5.59. The number of carboxylic acids is 1. The molecule has 1 saturated heterocycles. The zero-order valence-corrected chi connectivity index (χ0v) is 12.6. The van der Waals surface area contributed by atoms with E-state index >= 15 is 0 Å². The van der Waals surface area contributed by atoms with Gasteiger partial charge in [-0.05, 0) is 33.1 Å². The molecule has 0 saturated carbocycles. The highest BCUT2D eigenvalue weighted by molar-refractivity contribution is 5.83. The van der Waals surface area contributed by atoms with Crippen LogP contribution in [0.1, 0.15) is 49.1 Å².